The number of thiophene rings is 1. The summed E-state index contributed by atoms with van der Waals surface area (Å²) in [7, 11) is -3.48. The molecule has 142 valence electrons. The van der Waals surface area contributed by atoms with Crippen LogP contribution in [0.3, 0.4) is 0 Å². The number of anilines is 1. The summed E-state index contributed by atoms with van der Waals surface area (Å²) in [6, 6.07) is 6.89. The molecule has 0 radical (unpaired) electrons. The van der Waals surface area contributed by atoms with Gasteiger partial charge in [-0.2, -0.15) is 0 Å². The van der Waals surface area contributed by atoms with Crippen molar-refractivity contribution in [3.63, 3.8) is 0 Å². The first-order valence-corrected chi connectivity index (χ1v) is 11.1. The molecular formula is C16H17N5O4S2. The summed E-state index contributed by atoms with van der Waals surface area (Å²) in [5.41, 5.74) is 0.647. The van der Waals surface area contributed by atoms with Gasteiger partial charge in [0.25, 0.3) is 0 Å². The third kappa shape index (κ3) is 3.28. The van der Waals surface area contributed by atoms with Crippen LogP contribution in [0.25, 0.3) is 5.65 Å². The van der Waals surface area contributed by atoms with E-state index in [4.69, 9.17) is 0 Å². The molecule has 0 spiro atoms. The Morgan fingerprint density at radius 2 is 2.00 bits per heavy atom. The van der Waals surface area contributed by atoms with Crippen LogP contribution in [-0.4, -0.2) is 47.3 Å². The van der Waals surface area contributed by atoms with E-state index in [9.17, 15) is 18.5 Å². The highest BCUT2D eigenvalue weighted by Crippen LogP contribution is 2.42. The molecule has 0 N–H and O–H groups in total. The number of aromatic nitrogens is 3. The third-order valence-corrected chi connectivity index (χ3v) is 7.71. The van der Waals surface area contributed by atoms with Crippen molar-refractivity contribution in [3.8, 4) is 0 Å². The molecule has 1 saturated heterocycles. The quantitative estimate of drug-likeness (QED) is 0.482. The van der Waals surface area contributed by atoms with E-state index < -0.39 is 14.8 Å². The van der Waals surface area contributed by atoms with E-state index in [0.29, 0.717) is 18.1 Å². The van der Waals surface area contributed by atoms with Crippen LogP contribution >= 0.6 is 11.3 Å². The molecule has 0 atom stereocenters. The maximum atomic E-state index is 11.8. The molecule has 0 aliphatic carbocycles. The second-order valence-corrected chi connectivity index (χ2v) is 9.81. The summed E-state index contributed by atoms with van der Waals surface area (Å²) in [6.07, 6.45) is 4.52. The first-order valence-electron chi connectivity index (χ1n) is 8.37. The highest BCUT2D eigenvalue weighted by molar-refractivity contribution is 7.92. The van der Waals surface area contributed by atoms with E-state index >= 15 is 0 Å². The van der Waals surface area contributed by atoms with Crippen LogP contribution < -0.4 is 4.90 Å². The van der Waals surface area contributed by atoms with Crippen molar-refractivity contribution in [2.45, 2.75) is 23.0 Å². The fraction of sp³-hybridized carbons (Fsp3) is 0.375. The monoisotopic (exact) mass is 407 g/mol. The Hall–Kier alpha value is -2.53. The zero-order chi connectivity index (χ0) is 19.2. The Morgan fingerprint density at radius 1 is 1.26 bits per heavy atom. The van der Waals surface area contributed by atoms with E-state index in [2.05, 4.69) is 10.2 Å². The van der Waals surface area contributed by atoms with E-state index in [-0.39, 0.29) is 15.8 Å². The highest BCUT2D eigenvalue weighted by Gasteiger charge is 2.31. The maximum Gasteiger partial charge on any atom is 0.305 e. The summed E-state index contributed by atoms with van der Waals surface area (Å²) >= 11 is 0.966. The summed E-state index contributed by atoms with van der Waals surface area (Å²) in [6.45, 7) is 1.19. The Kier molecular flexibility index (Phi) is 4.35. The lowest BCUT2D eigenvalue weighted by Gasteiger charge is -2.31. The van der Waals surface area contributed by atoms with Gasteiger partial charge in [0.05, 0.1) is 4.92 Å². The van der Waals surface area contributed by atoms with Crippen molar-refractivity contribution < 1.29 is 13.3 Å². The first kappa shape index (κ1) is 17.9. The highest BCUT2D eigenvalue weighted by atomic mass is 32.2. The molecule has 1 fully saturated rings. The normalized spacial score (nSPS) is 16.1. The van der Waals surface area contributed by atoms with Crippen molar-refractivity contribution in [3.05, 3.63) is 46.4 Å². The van der Waals surface area contributed by atoms with E-state index in [0.717, 1.165) is 48.0 Å². The minimum atomic E-state index is -3.48. The minimum Gasteiger partial charge on any atom is -0.358 e. The summed E-state index contributed by atoms with van der Waals surface area (Å²) in [5.74, 6) is 1.09. The second-order valence-electron chi connectivity index (χ2n) is 6.53. The molecule has 0 bridgehead atoms. The zero-order valence-corrected chi connectivity index (χ0v) is 16.1. The topological polar surface area (TPSA) is 111 Å². The standard InChI is InChI=1S/C16H17N5O4S2/c1-27(24,25)14-10-12(21(22)23)16(26-14)19-8-5-11(6-9-19)15-18-17-13-4-2-3-7-20(13)15/h2-4,7,10-11H,5-6,8-9H2,1H3. The van der Waals surface area contributed by atoms with Crippen molar-refractivity contribution in [1.82, 2.24) is 14.6 Å². The molecule has 4 rings (SSSR count). The molecule has 4 heterocycles. The number of piperidine rings is 1. The van der Waals surface area contributed by atoms with Gasteiger partial charge < -0.3 is 4.90 Å². The van der Waals surface area contributed by atoms with Crippen LogP contribution in [0.1, 0.15) is 24.6 Å². The third-order valence-electron chi connectivity index (χ3n) is 4.72. The van der Waals surface area contributed by atoms with Gasteiger partial charge >= 0.3 is 5.69 Å². The van der Waals surface area contributed by atoms with Gasteiger partial charge in [0.1, 0.15) is 10.0 Å². The van der Waals surface area contributed by atoms with Crippen LogP contribution in [0.4, 0.5) is 10.7 Å². The number of hydrogen-bond acceptors (Lipinski definition) is 8. The van der Waals surface area contributed by atoms with Crippen LogP contribution in [0, 0.1) is 10.1 Å². The Bertz CT molecular complexity index is 1110. The van der Waals surface area contributed by atoms with Crippen LogP contribution in [0.5, 0.6) is 0 Å². The van der Waals surface area contributed by atoms with Crippen LogP contribution in [-0.2, 0) is 9.84 Å². The number of pyridine rings is 1. The lowest BCUT2D eigenvalue weighted by molar-refractivity contribution is -0.383. The average Bonchev–Trinajstić information content (AvgIpc) is 3.26. The fourth-order valence-electron chi connectivity index (χ4n) is 3.37. The van der Waals surface area contributed by atoms with Crippen LogP contribution in [0.15, 0.2) is 34.7 Å². The summed E-state index contributed by atoms with van der Waals surface area (Å²) in [5, 5.41) is 20.3. The smallest absolute Gasteiger partial charge is 0.305 e. The van der Waals surface area contributed by atoms with Crippen molar-refractivity contribution in [1.29, 1.82) is 0 Å². The van der Waals surface area contributed by atoms with Gasteiger partial charge in [-0.3, -0.25) is 14.5 Å². The molecule has 0 saturated carbocycles. The van der Waals surface area contributed by atoms with Gasteiger partial charge in [0.2, 0.25) is 0 Å². The molecule has 27 heavy (non-hydrogen) atoms. The summed E-state index contributed by atoms with van der Waals surface area (Å²) < 4.78 is 25.6. The molecule has 11 heteroatoms. The Morgan fingerprint density at radius 3 is 2.67 bits per heavy atom. The Labute approximate surface area is 159 Å². The van der Waals surface area contributed by atoms with E-state index in [1.54, 1.807) is 0 Å². The van der Waals surface area contributed by atoms with Crippen molar-refractivity contribution >= 4 is 37.5 Å². The fourth-order valence-corrected chi connectivity index (χ4v) is 5.45. The van der Waals surface area contributed by atoms with Crippen LogP contribution in [0.2, 0.25) is 0 Å². The number of rotatable bonds is 4. The molecule has 9 nitrogen and oxygen atoms in total. The lowest BCUT2D eigenvalue weighted by atomic mass is 9.96. The molecule has 1 aliphatic heterocycles. The molecule has 0 unspecified atom stereocenters. The largest absolute Gasteiger partial charge is 0.358 e. The molecule has 0 aromatic carbocycles. The number of fused-ring (bicyclic) bond motifs is 1. The SMILES string of the molecule is CS(=O)(=O)c1cc([N+](=O)[O-])c(N2CCC(c3nnc4ccccn34)CC2)s1. The number of sulfone groups is 1. The van der Waals surface area contributed by atoms with E-state index in [1.807, 2.05) is 33.7 Å². The predicted octanol–water partition coefficient (Wildman–Crippen LogP) is 2.49. The average molecular weight is 407 g/mol. The first-order chi connectivity index (χ1) is 12.8. The Balaban J connectivity index is 1.58. The maximum absolute atomic E-state index is 11.8. The molecular weight excluding hydrogens is 390 g/mol. The van der Waals surface area contributed by atoms with Gasteiger partial charge in [-0.05, 0) is 25.0 Å². The van der Waals surface area contributed by atoms with Gasteiger partial charge in [-0.25, -0.2) is 8.42 Å². The molecule has 0 amide bonds. The number of hydrogen-bond donors (Lipinski definition) is 0. The molecule has 1 aliphatic rings. The van der Waals surface area contributed by atoms with Gasteiger partial charge in [0.15, 0.2) is 20.5 Å². The number of nitro groups is 1. The predicted molar refractivity (Wildman–Crippen MR) is 101 cm³/mol. The van der Waals surface area contributed by atoms with Crippen molar-refractivity contribution in [2.24, 2.45) is 0 Å². The number of nitrogens with zero attached hydrogens (tertiary/aromatic N) is 5. The van der Waals surface area contributed by atoms with Gasteiger partial charge in [-0.1, -0.05) is 17.4 Å². The summed E-state index contributed by atoms with van der Waals surface area (Å²) in [4.78, 5) is 12.8. The minimum absolute atomic E-state index is 0.0229. The molecule has 3 aromatic heterocycles. The van der Waals surface area contributed by atoms with Gasteiger partial charge in [0, 0.05) is 37.5 Å². The van der Waals surface area contributed by atoms with Gasteiger partial charge in [-0.15, -0.1) is 10.2 Å². The lowest BCUT2D eigenvalue weighted by Crippen LogP contribution is -2.33. The molecule has 3 aromatic rings. The second kappa shape index (κ2) is 6.57. The van der Waals surface area contributed by atoms with Crippen molar-refractivity contribution in [2.75, 3.05) is 24.2 Å². The zero-order valence-electron chi connectivity index (χ0n) is 14.5. The van der Waals surface area contributed by atoms with E-state index in [1.165, 1.54) is 0 Å².